The van der Waals surface area contributed by atoms with Crippen molar-refractivity contribution >= 4 is 11.7 Å². The molecule has 0 spiro atoms. The van der Waals surface area contributed by atoms with Crippen LogP contribution in [0.5, 0.6) is 5.75 Å². The number of benzene rings is 1. The van der Waals surface area contributed by atoms with Gasteiger partial charge in [0.25, 0.3) is 0 Å². The maximum absolute atomic E-state index is 12.1. The maximum atomic E-state index is 12.1. The van der Waals surface area contributed by atoms with Crippen LogP contribution in [0.2, 0.25) is 0 Å². The predicted molar refractivity (Wildman–Crippen MR) is 71.4 cm³/mol. The fourth-order valence-electron chi connectivity index (χ4n) is 2.02. The van der Waals surface area contributed by atoms with Crippen molar-refractivity contribution in [1.29, 1.82) is 0 Å². The van der Waals surface area contributed by atoms with E-state index in [0.717, 1.165) is 5.75 Å². The fraction of sp³-hybridized carbons (Fsp3) is 0.429. The lowest BCUT2D eigenvalue weighted by atomic mass is 10.1. The average molecular weight is 262 g/mol. The first kappa shape index (κ1) is 13.5. The molecule has 1 saturated heterocycles. The third kappa shape index (κ3) is 3.79. The minimum atomic E-state index is -0.0225. The Morgan fingerprint density at radius 3 is 2.74 bits per heavy atom. The Labute approximate surface area is 112 Å². The molecule has 1 aliphatic rings. The first-order valence-electron chi connectivity index (χ1n) is 6.44. The Morgan fingerprint density at radius 1 is 1.37 bits per heavy atom. The van der Waals surface area contributed by atoms with Crippen LogP contribution in [0.15, 0.2) is 24.3 Å². The molecule has 0 radical (unpaired) electrons. The number of ether oxygens (including phenoxy) is 1. The van der Waals surface area contributed by atoms with Crippen molar-refractivity contribution in [2.24, 2.45) is 0 Å². The van der Waals surface area contributed by atoms with Crippen LogP contribution < -0.4 is 10.1 Å². The lowest BCUT2D eigenvalue weighted by Gasteiger charge is -2.25. The number of carbonyl (C=O) groups excluding carboxylic acids is 2. The highest BCUT2D eigenvalue weighted by Crippen LogP contribution is 2.13. The van der Waals surface area contributed by atoms with Gasteiger partial charge in [-0.2, -0.15) is 0 Å². The van der Waals surface area contributed by atoms with Crippen LogP contribution in [0.25, 0.3) is 0 Å². The van der Waals surface area contributed by atoms with Gasteiger partial charge in [0.1, 0.15) is 5.75 Å². The first-order chi connectivity index (χ1) is 9.19. The van der Waals surface area contributed by atoms with Crippen LogP contribution in [-0.2, 0) is 4.79 Å². The SMILES string of the molecule is CCOc1ccc(C(=O)CN2CCNC(=O)C2)cc1. The Morgan fingerprint density at radius 2 is 2.11 bits per heavy atom. The van der Waals surface area contributed by atoms with Gasteiger partial charge in [-0.25, -0.2) is 0 Å². The van der Waals surface area contributed by atoms with Gasteiger partial charge in [-0.05, 0) is 31.2 Å². The van der Waals surface area contributed by atoms with E-state index in [0.29, 0.717) is 31.8 Å². The smallest absolute Gasteiger partial charge is 0.234 e. The van der Waals surface area contributed by atoms with Crippen molar-refractivity contribution in [3.05, 3.63) is 29.8 Å². The van der Waals surface area contributed by atoms with Crippen LogP contribution in [0.1, 0.15) is 17.3 Å². The van der Waals surface area contributed by atoms with Gasteiger partial charge in [0.05, 0.1) is 19.7 Å². The lowest BCUT2D eigenvalue weighted by Crippen LogP contribution is -2.49. The molecule has 0 bridgehead atoms. The van der Waals surface area contributed by atoms with E-state index < -0.39 is 0 Å². The topological polar surface area (TPSA) is 58.6 Å². The molecule has 1 aliphatic heterocycles. The number of nitrogens with one attached hydrogen (secondary N) is 1. The van der Waals surface area contributed by atoms with Gasteiger partial charge in [0.15, 0.2) is 5.78 Å². The van der Waals surface area contributed by atoms with E-state index in [9.17, 15) is 9.59 Å². The molecule has 102 valence electrons. The highest BCUT2D eigenvalue weighted by Gasteiger charge is 2.19. The van der Waals surface area contributed by atoms with Gasteiger partial charge in [-0.3, -0.25) is 14.5 Å². The Kier molecular flexibility index (Phi) is 4.52. The van der Waals surface area contributed by atoms with Crippen molar-refractivity contribution in [2.45, 2.75) is 6.92 Å². The van der Waals surface area contributed by atoms with Crippen molar-refractivity contribution in [3.63, 3.8) is 0 Å². The van der Waals surface area contributed by atoms with Crippen molar-refractivity contribution in [3.8, 4) is 5.75 Å². The number of Topliss-reactive ketones (excluding diaryl/α,β-unsaturated/α-hetero) is 1. The summed E-state index contributed by atoms with van der Waals surface area (Å²) in [6.45, 7) is 4.42. The molecular weight excluding hydrogens is 244 g/mol. The molecule has 0 saturated carbocycles. The Hall–Kier alpha value is -1.88. The molecule has 1 N–H and O–H groups in total. The van der Waals surface area contributed by atoms with E-state index in [2.05, 4.69) is 5.32 Å². The molecule has 0 aliphatic carbocycles. The molecule has 1 heterocycles. The van der Waals surface area contributed by atoms with Crippen molar-refractivity contribution in [2.75, 3.05) is 32.8 Å². The maximum Gasteiger partial charge on any atom is 0.234 e. The molecule has 0 unspecified atom stereocenters. The number of carbonyl (C=O) groups is 2. The summed E-state index contributed by atoms with van der Waals surface area (Å²) >= 11 is 0. The number of rotatable bonds is 5. The third-order valence-electron chi connectivity index (χ3n) is 2.97. The molecule has 1 fully saturated rings. The average Bonchev–Trinajstić information content (AvgIpc) is 2.40. The molecular formula is C14H18N2O3. The van der Waals surface area contributed by atoms with Gasteiger partial charge in [-0.1, -0.05) is 0 Å². The molecule has 2 rings (SSSR count). The van der Waals surface area contributed by atoms with Gasteiger partial charge in [0.2, 0.25) is 5.91 Å². The number of ketones is 1. The summed E-state index contributed by atoms with van der Waals surface area (Å²) in [5.74, 6) is 0.764. The number of amides is 1. The summed E-state index contributed by atoms with van der Waals surface area (Å²) in [4.78, 5) is 25.2. The van der Waals surface area contributed by atoms with Gasteiger partial charge in [-0.15, -0.1) is 0 Å². The zero-order valence-electron chi connectivity index (χ0n) is 11.0. The van der Waals surface area contributed by atoms with E-state index >= 15 is 0 Å². The summed E-state index contributed by atoms with van der Waals surface area (Å²) in [5, 5.41) is 2.74. The number of nitrogens with zero attached hydrogens (tertiary/aromatic N) is 1. The molecule has 0 atom stereocenters. The molecule has 5 heteroatoms. The normalized spacial score (nSPS) is 15.9. The van der Waals surface area contributed by atoms with E-state index in [1.54, 1.807) is 24.3 Å². The van der Waals surface area contributed by atoms with Gasteiger partial charge in [0, 0.05) is 18.7 Å². The quantitative estimate of drug-likeness (QED) is 0.794. The molecule has 0 aromatic heterocycles. The van der Waals surface area contributed by atoms with Crippen LogP contribution in [0.3, 0.4) is 0 Å². The highest BCUT2D eigenvalue weighted by molar-refractivity contribution is 5.98. The zero-order valence-corrected chi connectivity index (χ0v) is 11.0. The second-order valence-corrected chi connectivity index (χ2v) is 4.44. The minimum Gasteiger partial charge on any atom is -0.494 e. The third-order valence-corrected chi connectivity index (χ3v) is 2.97. The van der Waals surface area contributed by atoms with Crippen LogP contribution in [0, 0.1) is 0 Å². The van der Waals surface area contributed by atoms with Crippen LogP contribution in [-0.4, -0.2) is 49.4 Å². The van der Waals surface area contributed by atoms with Gasteiger partial charge >= 0.3 is 0 Å². The fourth-order valence-corrected chi connectivity index (χ4v) is 2.02. The molecule has 19 heavy (non-hydrogen) atoms. The van der Waals surface area contributed by atoms with Crippen molar-refractivity contribution < 1.29 is 14.3 Å². The standard InChI is InChI=1S/C14H18N2O3/c1-2-19-12-5-3-11(4-6-12)13(17)9-16-8-7-15-14(18)10-16/h3-6H,2,7-10H2,1H3,(H,15,18). The summed E-state index contributed by atoms with van der Waals surface area (Å²) < 4.78 is 5.33. The molecule has 5 nitrogen and oxygen atoms in total. The number of hydrogen-bond acceptors (Lipinski definition) is 4. The van der Waals surface area contributed by atoms with E-state index in [-0.39, 0.29) is 18.2 Å². The zero-order chi connectivity index (χ0) is 13.7. The van der Waals surface area contributed by atoms with E-state index in [1.807, 2.05) is 11.8 Å². The monoisotopic (exact) mass is 262 g/mol. The molecule has 1 amide bonds. The van der Waals surface area contributed by atoms with Crippen LogP contribution >= 0.6 is 0 Å². The summed E-state index contributed by atoms with van der Waals surface area (Å²) in [7, 11) is 0. The second kappa shape index (κ2) is 6.33. The predicted octanol–water partition coefficient (Wildman–Crippen LogP) is 0.700. The largest absolute Gasteiger partial charge is 0.494 e. The summed E-state index contributed by atoms with van der Waals surface area (Å²) in [6, 6.07) is 7.11. The van der Waals surface area contributed by atoms with E-state index in [4.69, 9.17) is 4.74 Å². The first-order valence-corrected chi connectivity index (χ1v) is 6.44. The number of hydrogen-bond donors (Lipinski definition) is 1. The second-order valence-electron chi connectivity index (χ2n) is 4.44. The van der Waals surface area contributed by atoms with Crippen LogP contribution in [0.4, 0.5) is 0 Å². The highest BCUT2D eigenvalue weighted by atomic mass is 16.5. The van der Waals surface area contributed by atoms with Gasteiger partial charge < -0.3 is 10.1 Å². The lowest BCUT2D eigenvalue weighted by molar-refractivity contribution is -0.123. The molecule has 1 aromatic rings. The number of piperazine rings is 1. The van der Waals surface area contributed by atoms with E-state index in [1.165, 1.54) is 0 Å². The molecule has 1 aromatic carbocycles. The Balaban J connectivity index is 1.93. The Bertz CT molecular complexity index is 456. The summed E-state index contributed by atoms with van der Waals surface area (Å²) in [5.41, 5.74) is 0.648. The minimum absolute atomic E-state index is 0.0225. The van der Waals surface area contributed by atoms with Crippen molar-refractivity contribution in [1.82, 2.24) is 10.2 Å². The summed E-state index contributed by atoms with van der Waals surface area (Å²) in [6.07, 6.45) is 0.